The molecule has 0 bridgehead atoms. The zero-order valence-electron chi connectivity index (χ0n) is 13.0. The van der Waals surface area contributed by atoms with Gasteiger partial charge in [-0.15, -0.1) is 0 Å². The monoisotopic (exact) mass is 365 g/mol. The summed E-state index contributed by atoms with van der Waals surface area (Å²) in [5.41, 5.74) is -0.0697. The van der Waals surface area contributed by atoms with Crippen LogP contribution >= 0.6 is 0 Å². The fourth-order valence-electron chi connectivity index (χ4n) is 1.59. The number of halogens is 2. The third-order valence-corrected chi connectivity index (χ3v) is 4.31. The van der Waals surface area contributed by atoms with E-state index in [4.69, 9.17) is 9.47 Å². The number of rotatable bonds is 8. The number of methoxy groups -OCH3 is 1. The number of ether oxygens (including phenoxy) is 2. The van der Waals surface area contributed by atoms with Gasteiger partial charge >= 0.3 is 11.7 Å². The second-order valence-electron chi connectivity index (χ2n) is 4.66. The van der Waals surface area contributed by atoms with E-state index in [1.807, 2.05) is 0 Å². The van der Waals surface area contributed by atoms with E-state index in [-0.39, 0.29) is 12.1 Å². The Hall–Kier alpha value is -2.07. The molecular formula is C14H17F2NO6S. The Morgan fingerprint density at radius 2 is 1.79 bits per heavy atom. The summed E-state index contributed by atoms with van der Waals surface area (Å²) in [6.45, 7) is 1.90. The van der Waals surface area contributed by atoms with Crippen molar-refractivity contribution in [2.24, 2.45) is 0 Å². The van der Waals surface area contributed by atoms with Gasteiger partial charge in [0, 0.05) is 13.7 Å². The van der Waals surface area contributed by atoms with Gasteiger partial charge in [0.05, 0.1) is 17.1 Å². The lowest BCUT2D eigenvalue weighted by Crippen LogP contribution is -2.37. The maximum absolute atomic E-state index is 12.4. The van der Waals surface area contributed by atoms with E-state index >= 15 is 0 Å². The highest BCUT2D eigenvalue weighted by molar-refractivity contribution is 7.91. The molecule has 0 unspecified atom stereocenters. The zero-order valence-corrected chi connectivity index (χ0v) is 13.8. The number of alkyl halides is 2. The van der Waals surface area contributed by atoms with Crippen LogP contribution in [-0.2, 0) is 24.1 Å². The predicted molar refractivity (Wildman–Crippen MR) is 79.4 cm³/mol. The van der Waals surface area contributed by atoms with Crippen LogP contribution in [0.4, 0.5) is 8.78 Å². The molecule has 0 fully saturated rings. The van der Waals surface area contributed by atoms with E-state index in [0.717, 1.165) is 24.3 Å². The van der Waals surface area contributed by atoms with Gasteiger partial charge in [0.15, 0.2) is 6.10 Å². The second-order valence-corrected chi connectivity index (χ2v) is 6.58. The summed E-state index contributed by atoms with van der Waals surface area (Å²) >= 11 is 0. The molecule has 0 radical (unpaired) electrons. The summed E-state index contributed by atoms with van der Waals surface area (Å²) in [5.74, 6) is -4.96. The van der Waals surface area contributed by atoms with Gasteiger partial charge in [0.25, 0.3) is 5.91 Å². The lowest BCUT2D eigenvalue weighted by molar-refractivity contribution is -0.129. The van der Waals surface area contributed by atoms with Crippen LogP contribution < -0.4 is 5.32 Å². The van der Waals surface area contributed by atoms with Gasteiger partial charge in [-0.25, -0.2) is 13.2 Å². The average molecular weight is 365 g/mol. The van der Waals surface area contributed by atoms with Crippen molar-refractivity contribution in [3.05, 3.63) is 29.8 Å². The van der Waals surface area contributed by atoms with Crippen LogP contribution in [0.25, 0.3) is 0 Å². The van der Waals surface area contributed by atoms with Crippen LogP contribution in [0.2, 0.25) is 0 Å². The van der Waals surface area contributed by atoms with E-state index in [1.54, 1.807) is 0 Å². The maximum Gasteiger partial charge on any atom is 0.341 e. The molecule has 134 valence electrons. The predicted octanol–water partition coefficient (Wildman–Crippen LogP) is 0.991. The second kappa shape index (κ2) is 8.69. The lowest BCUT2D eigenvalue weighted by atomic mass is 10.2. The van der Waals surface area contributed by atoms with E-state index < -0.39 is 38.5 Å². The largest absolute Gasteiger partial charge is 0.449 e. The number of esters is 1. The molecule has 0 aliphatic rings. The molecule has 1 aromatic rings. The van der Waals surface area contributed by atoms with E-state index in [0.29, 0.717) is 6.61 Å². The first-order valence-electron chi connectivity index (χ1n) is 6.80. The average Bonchev–Trinajstić information content (AvgIpc) is 2.54. The normalized spacial score (nSPS) is 12.7. The molecule has 1 amide bonds. The van der Waals surface area contributed by atoms with Crippen molar-refractivity contribution in [1.29, 1.82) is 0 Å². The third kappa shape index (κ3) is 5.24. The van der Waals surface area contributed by atoms with Crippen molar-refractivity contribution in [3.63, 3.8) is 0 Å². The molecule has 0 heterocycles. The molecular weight excluding hydrogens is 348 g/mol. The minimum Gasteiger partial charge on any atom is -0.449 e. The van der Waals surface area contributed by atoms with Crippen LogP contribution in [0.1, 0.15) is 17.3 Å². The number of amides is 1. The lowest BCUT2D eigenvalue weighted by Gasteiger charge is -2.13. The molecule has 0 aliphatic carbocycles. The van der Waals surface area contributed by atoms with Gasteiger partial charge in [-0.2, -0.15) is 8.78 Å². The molecule has 0 aliphatic heterocycles. The standard InChI is InChI=1S/C14H17F2NO6S/c1-9(12(18)17-7-8-22-2)23-13(19)10-3-5-11(6-4-10)24(20,21)14(15)16/h3-6,9,14H,7-8H2,1-2H3,(H,17,18)/t9-/m1/s1. The van der Waals surface area contributed by atoms with Crippen LogP contribution in [0, 0.1) is 0 Å². The van der Waals surface area contributed by atoms with Crippen molar-refractivity contribution < 1.29 is 36.3 Å². The molecule has 0 saturated heterocycles. The Morgan fingerprint density at radius 3 is 2.29 bits per heavy atom. The molecule has 1 N–H and O–H groups in total. The van der Waals surface area contributed by atoms with Crippen molar-refractivity contribution >= 4 is 21.7 Å². The van der Waals surface area contributed by atoms with Crippen molar-refractivity contribution in [1.82, 2.24) is 5.32 Å². The Labute approximate surface area is 137 Å². The summed E-state index contributed by atoms with van der Waals surface area (Å²) < 4.78 is 57.0. The molecule has 1 rings (SSSR count). The summed E-state index contributed by atoms with van der Waals surface area (Å²) in [5, 5.41) is 2.48. The van der Waals surface area contributed by atoms with Gasteiger partial charge in [-0.05, 0) is 31.2 Å². The fraction of sp³-hybridized carbons (Fsp3) is 0.429. The Morgan fingerprint density at radius 1 is 1.21 bits per heavy atom. The van der Waals surface area contributed by atoms with E-state index in [1.165, 1.54) is 14.0 Å². The first kappa shape index (κ1) is 20.0. The van der Waals surface area contributed by atoms with E-state index in [9.17, 15) is 26.8 Å². The number of carbonyl (C=O) groups excluding carboxylic acids is 2. The quantitative estimate of drug-likeness (QED) is 0.545. The van der Waals surface area contributed by atoms with Gasteiger partial charge in [-0.1, -0.05) is 0 Å². The smallest absolute Gasteiger partial charge is 0.341 e. The Bertz CT molecular complexity index is 675. The highest BCUT2D eigenvalue weighted by Crippen LogP contribution is 2.19. The Kier molecular flexibility index (Phi) is 7.23. The number of sulfone groups is 1. The number of hydrogen-bond donors (Lipinski definition) is 1. The fourth-order valence-corrected chi connectivity index (χ4v) is 2.31. The molecule has 1 aromatic carbocycles. The molecule has 7 nitrogen and oxygen atoms in total. The summed E-state index contributed by atoms with van der Waals surface area (Å²) in [4.78, 5) is 22.9. The minimum atomic E-state index is -4.73. The number of nitrogens with one attached hydrogen (secondary N) is 1. The summed E-state index contributed by atoms with van der Waals surface area (Å²) in [6, 6.07) is 3.82. The van der Waals surface area contributed by atoms with Crippen LogP contribution in [-0.4, -0.2) is 52.4 Å². The summed E-state index contributed by atoms with van der Waals surface area (Å²) in [7, 11) is -3.26. The van der Waals surface area contributed by atoms with Crippen LogP contribution in [0.3, 0.4) is 0 Å². The van der Waals surface area contributed by atoms with Gasteiger partial charge < -0.3 is 14.8 Å². The van der Waals surface area contributed by atoms with Crippen molar-refractivity contribution in [3.8, 4) is 0 Å². The SMILES string of the molecule is COCCNC(=O)[C@@H](C)OC(=O)c1ccc(S(=O)(=O)C(F)F)cc1. The highest BCUT2D eigenvalue weighted by atomic mass is 32.2. The zero-order chi connectivity index (χ0) is 18.3. The van der Waals surface area contributed by atoms with Gasteiger partial charge in [-0.3, -0.25) is 4.79 Å². The molecule has 10 heteroatoms. The van der Waals surface area contributed by atoms with E-state index in [2.05, 4.69) is 5.32 Å². The molecule has 24 heavy (non-hydrogen) atoms. The van der Waals surface area contributed by atoms with Gasteiger partial charge in [0.1, 0.15) is 0 Å². The Balaban J connectivity index is 2.71. The third-order valence-electron chi connectivity index (χ3n) is 2.91. The molecule has 0 spiro atoms. The van der Waals surface area contributed by atoms with Gasteiger partial charge in [0.2, 0.25) is 9.84 Å². The van der Waals surface area contributed by atoms with Crippen LogP contribution in [0.15, 0.2) is 29.2 Å². The highest BCUT2D eigenvalue weighted by Gasteiger charge is 2.27. The topological polar surface area (TPSA) is 98.8 Å². The molecule has 1 atom stereocenters. The first-order valence-corrected chi connectivity index (χ1v) is 8.34. The number of benzene rings is 1. The number of carbonyl (C=O) groups is 2. The van der Waals surface area contributed by atoms with Crippen molar-refractivity contribution in [2.45, 2.75) is 23.7 Å². The van der Waals surface area contributed by atoms with Crippen LogP contribution in [0.5, 0.6) is 0 Å². The molecule has 0 saturated carbocycles. The molecule has 0 aromatic heterocycles. The minimum absolute atomic E-state index is 0.0697. The number of hydrogen-bond acceptors (Lipinski definition) is 6. The first-order chi connectivity index (χ1) is 11.2. The maximum atomic E-state index is 12.4. The summed E-state index contributed by atoms with van der Waals surface area (Å²) in [6.07, 6.45) is -1.08. The van der Waals surface area contributed by atoms with Crippen molar-refractivity contribution in [2.75, 3.05) is 20.3 Å².